The summed E-state index contributed by atoms with van der Waals surface area (Å²) < 4.78 is 2.78. The predicted octanol–water partition coefficient (Wildman–Crippen LogP) is 7.28. The first-order chi connectivity index (χ1) is 11.3. The third kappa shape index (κ3) is 2.21. The predicted molar refractivity (Wildman–Crippen MR) is 115 cm³/mol. The van der Waals surface area contributed by atoms with Crippen LogP contribution in [0.4, 0.5) is 0 Å². The highest BCUT2D eigenvalue weighted by atomic mass is 79.9. The molecule has 0 bridgehead atoms. The van der Waals surface area contributed by atoms with Crippen LogP contribution < -0.4 is 0 Å². The molecule has 0 nitrogen and oxygen atoms in total. The SMILES string of the molecule is CC1=C([Si](C)(C)C2=CC=CC2)c2cc3sc(C)c(C)c3c(Br)c2C1. The number of hydrogen-bond donors (Lipinski definition) is 0. The quantitative estimate of drug-likeness (QED) is 0.452. The maximum absolute atomic E-state index is 3.97. The summed E-state index contributed by atoms with van der Waals surface area (Å²) in [5.74, 6) is 0. The highest BCUT2D eigenvalue weighted by Gasteiger charge is 2.37. The Bertz CT molecular complexity index is 970. The minimum atomic E-state index is -1.61. The smallest absolute Gasteiger partial charge is 0.108 e. The maximum Gasteiger partial charge on any atom is 0.108 e. The van der Waals surface area contributed by atoms with Gasteiger partial charge in [0.25, 0.3) is 0 Å². The fraction of sp³-hybridized carbons (Fsp3) is 0.333. The molecule has 1 aromatic carbocycles. The third-order valence-electron chi connectivity index (χ3n) is 5.83. The molecule has 0 aliphatic heterocycles. The zero-order valence-electron chi connectivity index (χ0n) is 15.0. The number of benzene rings is 1. The summed E-state index contributed by atoms with van der Waals surface area (Å²) in [6.45, 7) is 11.9. The van der Waals surface area contributed by atoms with Crippen LogP contribution in [0.25, 0.3) is 15.3 Å². The van der Waals surface area contributed by atoms with Crippen LogP contribution in [-0.4, -0.2) is 8.07 Å². The number of fused-ring (bicyclic) bond motifs is 2. The van der Waals surface area contributed by atoms with Gasteiger partial charge < -0.3 is 0 Å². The highest BCUT2D eigenvalue weighted by molar-refractivity contribution is 9.10. The van der Waals surface area contributed by atoms with Crippen molar-refractivity contribution in [2.45, 2.75) is 46.7 Å². The monoisotopic (exact) mass is 414 g/mol. The van der Waals surface area contributed by atoms with E-state index in [2.05, 4.69) is 74.1 Å². The molecule has 3 heteroatoms. The van der Waals surface area contributed by atoms with Crippen LogP contribution in [0.2, 0.25) is 13.1 Å². The second kappa shape index (κ2) is 5.55. The molecule has 0 saturated heterocycles. The van der Waals surface area contributed by atoms with Crippen molar-refractivity contribution < 1.29 is 0 Å². The number of allylic oxidation sites excluding steroid dienone is 5. The van der Waals surface area contributed by atoms with Gasteiger partial charge in [-0.3, -0.25) is 0 Å². The average Bonchev–Trinajstić information content (AvgIpc) is 3.19. The van der Waals surface area contributed by atoms with Gasteiger partial charge in [-0.25, -0.2) is 0 Å². The van der Waals surface area contributed by atoms with Crippen molar-refractivity contribution in [3.63, 3.8) is 0 Å². The summed E-state index contributed by atoms with van der Waals surface area (Å²) in [5.41, 5.74) is 6.07. The molecule has 2 aliphatic rings. The van der Waals surface area contributed by atoms with Gasteiger partial charge in [0.1, 0.15) is 8.07 Å². The highest BCUT2D eigenvalue weighted by Crippen LogP contribution is 2.49. The van der Waals surface area contributed by atoms with Crippen LogP contribution in [-0.2, 0) is 6.42 Å². The summed E-state index contributed by atoms with van der Waals surface area (Å²) in [4.78, 5) is 1.44. The Balaban J connectivity index is 1.95. The first kappa shape index (κ1) is 16.6. The normalized spacial score (nSPS) is 17.2. The Morgan fingerprint density at radius 1 is 1.17 bits per heavy atom. The molecule has 0 radical (unpaired) electrons. The van der Waals surface area contributed by atoms with E-state index in [0.717, 1.165) is 12.8 Å². The van der Waals surface area contributed by atoms with Crippen LogP contribution in [0.15, 0.2) is 39.5 Å². The van der Waals surface area contributed by atoms with E-state index >= 15 is 0 Å². The molecule has 0 amide bonds. The molecule has 24 heavy (non-hydrogen) atoms. The molecule has 0 spiro atoms. The number of aryl methyl sites for hydroxylation is 2. The largest absolute Gasteiger partial charge is 0.140 e. The zero-order chi connectivity index (χ0) is 17.2. The number of hydrogen-bond acceptors (Lipinski definition) is 1. The molecule has 1 heterocycles. The molecule has 0 atom stereocenters. The van der Waals surface area contributed by atoms with E-state index < -0.39 is 8.07 Å². The van der Waals surface area contributed by atoms with Gasteiger partial charge in [-0.15, -0.1) is 11.3 Å². The van der Waals surface area contributed by atoms with Gasteiger partial charge >= 0.3 is 0 Å². The number of rotatable bonds is 2. The lowest BCUT2D eigenvalue weighted by molar-refractivity contribution is 1.19. The summed E-state index contributed by atoms with van der Waals surface area (Å²) >= 11 is 5.91. The Hall–Kier alpha value is -0.903. The van der Waals surface area contributed by atoms with Gasteiger partial charge in [0.15, 0.2) is 0 Å². The van der Waals surface area contributed by atoms with Gasteiger partial charge in [0.05, 0.1) is 0 Å². The van der Waals surface area contributed by atoms with Crippen molar-refractivity contribution in [3.8, 4) is 0 Å². The van der Waals surface area contributed by atoms with Crippen LogP contribution in [0.1, 0.15) is 34.9 Å². The van der Waals surface area contributed by atoms with Crippen molar-refractivity contribution in [2.24, 2.45) is 0 Å². The molecule has 0 fully saturated rings. The summed E-state index contributed by atoms with van der Waals surface area (Å²) in [6, 6.07) is 2.49. The first-order valence-corrected chi connectivity index (χ1v) is 13.2. The Labute approximate surface area is 158 Å². The second-order valence-electron chi connectivity index (χ2n) is 7.65. The molecular weight excluding hydrogens is 392 g/mol. The molecule has 2 aliphatic carbocycles. The summed E-state index contributed by atoms with van der Waals surface area (Å²) in [7, 11) is -1.61. The lowest BCUT2D eigenvalue weighted by atomic mass is 10.0. The van der Waals surface area contributed by atoms with E-state index in [1.165, 1.54) is 36.1 Å². The standard InChI is InChI=1S/C21H23BrSSi/c1-12-10-16-17(21(12)24(4,5)15-8-6-7-9-15)11-18-19(20(16)22)13(2)14(3)23-18/h6-8,11H,9-10H2,1-5H3. The molecule has 4 rings (SSSR count). The zero-order valence-corrected chi connectivity index (χ0v) is 18.4. The Kier molecular flexibility index (Phi) is 3.83. The van der Waals surface area contributed by atoms with E-state index in [1.807, 2.05) is 11.3 Å². The van der Waals surface area contributed by atoms with Crippen LogP contribution in [0, 0.1) is 13.8 Å². The fourth-order valence-corrected chi connectivity index (χ4v) is 10.1. The molecule has 2 aromatic rings. The average molecular weight is 415 g/mol. The lowest BCUT2D eigenvalue weighted by Crippen LogP contribution is -2.31. The Morgan fingerprint density at radius 2 is 1.92 bits per heavy atom. The summed E-state index contributed by atoms with van der Waals surface area (Å²) in [6.07, 6.45) is 9.16. The molecule has 0 unspecified atom stereocenters. The summed E-state index contributed by atoms with van der Waals surface area (Å²) in [5, 5.41) is 4.78. The van der Waals surface area contributed by atoms with E-state index in [4.69, 9.17) is 0 Å². The lowest BCUT2D eigenvalue weighted by Gasteiger charge is -2.28. The maximum atomic E-state index is 3.97. The fourth-order valence-electron chi connectivity index (χ4n) is 4.44. The van der Waals surface area contributed by atoms with Crippen molar-refractivity contribution >= 4 is 50.6 Å². The van der Waals surface area contributed by atoms with Crippen LogP contribution >= 0.6 is 27.3 Å². The van der Waals surface area contributed by atoms with Crippen molar-refractivity contribution in [3.05, 3.63) is 61.1 Å². The molecule has 124 valence electrons. The van der Waals surface area contributed by atoms with Crippen LogP contribution in [0.3, 0.4) is 0 Å². The third-order valence-corrected chi connectivity index (χ3v) is 11.8. The topological polar surface area (TPSA) is 0 Å². The minimum absolute atomic E-state index is 1.10. The van der Waals surface area contributed by atoms with Gasteiger partial charge in [-0.05, 0) is 77.5 Å². The van der Waals surface area contributed by atoms with E-state index in [9.17, 15) is 0 Å². The first-order valence-electron chi connectivity index (χ1n) is 8.60. The Morgan fingerprint density at radius 3 is 2.58 bits per heavy atom. The molecule has 0 N–H and O–H groups in total. The van der Waals surface area contributed by atoms with Crippen molar-refractivity contribution in [2.75, 3.05) is 0 Å². The van der Waals surface area contributed by atoms with Crippen molar-refractivity contribution in [1.82, 2.24) is 0 Å². The van der Waals surface area contributed by atoms with Gasteiger partial charge in [-0.2, -0.15) is 0 Å². The van der Waals surface area contributed by atoms with Gasteiger partial charge in [0.2, 0.25) is 0 Å². The minimum Gasteiger partial charge on any atom is -0.140 e. The number of thiophene rings is 1. The molecule has 1 aromatic heterocycles. The van der Waals surface area contributed by atoms with E-state index in [-0.39, 0.29) is 0 Å². The molecular formula is C21H23BrSSi. The molecule has 0 saturated carbocycles. The van der Waals surface area contributed by atoms with Crippen LogP contribution in [0.5, 0.6) is 0 Å². The van der Waals surface area contributed by atoms with E-state index in [1.54, 1.807) is 16.0 Å². The number of halogens is 1. The second-order valence-corrected chi connectivity index (χ2v) is 14.1. The van der Waals surface area contributed by atoms with Gasteiger partial charge in [-0.1, -0.05) is 42.1 Å². The van der Waals surface area contributed by atoms with E-state index in [0.29, 0.717) is 0 Å². The van der Waals surface area contributed by atoms with Crippen molar-refractivity contribution in [1.29, 1.82) is 0 Å². The van der Waals surface area contributed by atoms with Gasteiger partial charge in [0, 0.05) is 19.4 Å².